The lowest BCUT2D eigenvalue weighted by Gasteiger charge is -2.21. The van der Waals surface area contributed by atoms with E-state index in [1.165, 1.54) is 0 Å². The van der Waals surface area contributed by atoms with Gasteiger partial charge in [0.25, 0.3) is 5.91 Å². The Balaban J connectivity index is 1.50. The zero-order chi connectivity index (χ0) is 21.9. The van der Waals surface area contributed by atoms with E-state index in [-0.39, 0.29) is 17.8 Å². The lowest BCUT2D eigenvalue weighted by molar-refractivity contribution is 0.0717. The van der Waals surface area contributed by atoms with Crippen molar-refractivity contribution in [1.82, 2.24) is 19.7 Å². The molecule has 6 nitrogen and oxygen atoms in total. The van der Waals surface area contributed by atoms with Gasteiger partial charge in [0, 0.05) is 18.2 Å². The number of carbonyl (C=O) groups excluding carboxylic acids is 1. The molecule has 1 heterocycles. The van der Waals surface area contributed by atoms with E-state index in [9.17, 15) is 4.79 Å². The quantitative estimate of drug-likeness (QED) is 0.430. The van der Waals surface area contributed by atoms with Gasteiger partial charge in [-0.05, 0) is 42.7 Å². The van der Waals surface area contributed by atoms with Crippen molar-refractivity contribution < 1.29 is 9.53 Å². The first-order chi connectivity index (χ1) is 15.7. The summed E-state index contributed by atoms with van der Waals surface area (Å²) in [6.07, 6.45) is 2.01. The Morgan fingerprint density at radius 1 is 0.969 bits per heavy atom. The van der Waals surface area contributed by atoms with Crippen LogP contribution in [-0.4, -0.2) is 38.7 Å². The molecule has 1 aromatic heterocycles. The fourth-order valence-electron chi connectivity index (χ4n) is 3.74. The molecule has 0 N–H and O–H groups in total. The lowest BCUT2D eigenvalue weighted by atomic mass is 10.2. The third-order valence-electron chi connectivity index (χ3n) is 5.59. The maximum absolute atomic E-state index is 13.5. The molecule has 32 heavy (non-hydrogen) atoms. The molecule has 0 radical (unpaired) electrons. The largest absolute Gasteiger partial charge is 0.497 e. The van der Waals surface area contributed by atoms with Crippen LogP contribution in [0.1, 0.15) is 29.0 Å². The number of para-hydroxylation sites is 1. The summed E-state index contributed by atoms with van der Waals surface area (Å²) in [6.45, 7) is 0.522. The molecule has 0 spiro atoms. The van der Waals surface area contributed by atoms with Crippen LogP contribution in [0, 0.1) is 0 Å². The van der Waals surface area contributed by atoms with Crippen molar-refractivity contribution in [2.45, 2.75) is 25.4 Å². The van der Waals surface area contributed by atoms with Crippen molar-refractivity contribution in [2.24, 2.45) is 0 Å². The van der Waals surface area contributed by atoms with Gasteiger partial charge in [-0.1, -0.05) is 60.7 Å². The van der Waals surface area contributed by atoms with E-state index < -0.39 is 0 Å². The molecule has 4 aromatic rings. The molecule has 160 valence electrons. The van der Waals surface area contributed by atoms with E-state index in [0.717, 1.165) is 35.4 Å². The summed E-state index contributed by atoms with van der Waals surface area (Å²) in [5.41, 5.74) is 2.83. The molecule has 0 atom stereocenters. The van der Waals surface area contributed by atoms with Crippen LogP contribution in [0.4, 0.5) is 0 Å². The van der Waals surface area contributed by atoms with Crippen molar-refractivity contribution in [3.8, 4) is 22.8 Å². The minimum Gasteiger partial charge on any atom is -0.497 e. The summed E-state index contributed by atoms with van der Waals surface area (Å²) in [5, 5.41) is 4.65. The number of ether oxygens (including phenoxy) is 1. The lowest BCUT2D eigenvalue weighted by Crippen LogP contribution is -2.33. The zero-order valence-corrected chi connectivity index (χ0v) is 17.9. The average Bonchev–Trinajstić information content (AvgIpc) is 3.60. The van der Waals surface area contributed by atoms with Gasteiger partial charge in [0.1, 0.15) is 5.75 Å². The monoisotopic (exact) mass is 424 g/mol. The van der Waals surface area contributed by atoms with Crippen LogP contribution >= 0.6 is 0 Å². The topological polar surface area (TPSA) is 60.2 Å². The molecular weight excluding hydrogens is 400 g/mol. The summed E-state index contributed by atoms with van der Waals surface area (Å²) in [7, 11) is 1.65. The fraction of sp³-hybridized carbons (Fsp3) is 0.192. The van der Waals surface area contributed by atoms with Gasteiger partial charge in [0.15, 0.2) is 5.82 Å². The van der Waals surface area contributed by atoms with E-state index in [2.05, 4.69) is 5.10 Å². The highest BCUT2D eigenvalue weighted by atomic mass is 16.5. The van der Waals surface area contributed by atoms with E-state index in [1.807, 2.05) is 89.8 Å². The maximum Gasteiger partial charge on any atom is 0.294 e. The van der Waals surface area contributed by atoms with E-state index in [4.69, 9.17) is 9.72 Å². The van der Waals surface area contributed by atoms with Gasteiger partial charge in [-0.2, -0.15) is 0 Å². The molecule has 0 unspecified atom stereocenters. The summed E-state index contributed by atoms with van der Waals surface area (Å²) < 4.78 is 7.00. The van der Waals surface area contributed by atoms with Crippen LogP contribution < -0.4 is 4.74 Å². The Hall–Kier alpha value is -3.93. The number of benzene rings is 3. The van der Waals surface area contributed by atoms with Crippen molar-refractivity contribution in [1.29, 1.82) is 0 Å². The fourth-order valence-corrected chi connectivity index (χ4v) is 3.74. The molecule has 0 saturated heterocycles. The minimum absolute atomic E-state index is 0.143. The van der Waals surface area contributed by atoms with Crippen LogP contribution in [0.3, 0.4) is 0 Å². The van der Waals surface area contributed by atoms with Crippen LogP contribution in [0.5, 0.6) is 5.75 Å². The third-order valence-corrected chi connectivity index (χ3v) is 5.59. The van der Waals surface area contributed by atoms with Gasteiger partial charge in [-0.3, -0.25) is 4.79 Å². The first-order valence-corrected chi connectivity index (χ1v) is 10.7. The van der Waals surface area contributed by atoms with Gasteiger partial charge in [0.2, 0.25) is 5.82 Å². The molecule has 1 amide bonds. The first-order valence-electron chi connectivity index (χ1n) is 10.7. The Labute approximate surface area is 187 Å². The van der Waals surface area contributed by atoms with E-state index >= 15 is 0 Å². The smallest absolute Gasteiger partial charge is 0.294 e. The molecule has 1 aliphatic carbocycles. The minimum atomic E-state index is -0.143. The standard InChI is InChI=1S/C26H24N4O2/c1-32-23-16-12-19(13-17-23)18-29(21-14-15-21)26(31)24-27-25(20-8-4-2-5-9-20)30(28-24)22-10-6-3-7-11-22/h2-13,16-17,21H,14-15,18H2,1H3. The number of hydrogen-bond donors (Lipinski definition) is 0. The Kier molecular flexibility index (Phi) is 5.42. The van der Waals surface area contributed by atoms with Gasteiger partial charge in [-0.25, -0.2) is 9.67 Å². The highest BCUT2D eigenvalue weighted by Crippen LogP contribution is 2.30. The number of carbonyl (C=O) groups is 1. The first kappa shape index (κ1) is 20.0. The molecule has 1 saturated carbocycles. The Morgan fingerprint density at radius 2 is 1.62 bits per heavy atom. The number of nitrogens with zero attached hydrogens (tertiary/aromatic N) is 4. The van der Waals surface area contributed by atoms with Crippen molar-refractivity contribution in [2.75, 3.05) is 7.11 Å². The number of methoxy groups -OCH3 is 1. The van der Waals surface area contributed by atoms with Gasteiger partial charge in [0.05, 0.1) is 12.8 Å². The van der Waals surface area contributed by atoms with Crippen molar-refractivity contribution in [3.63, 3.8) is 0 Å². The van der Waals surface area contributed by atoms with Crippen LogP contribution in [0.2, 0.25) is 0 Å². The predicted molar refractivity (Wildman–Crippen MR) is 123 cm³/mol. The van der Waals surface area contributed by atoms with Crippen molar-refractivity contribution in [3.05, 3.63) is 96.3 Å². The molecule has 5 rings (SSSR count). The second kappa shape index (κ2) is 8.67. The zero-order valence-electron chi connectivity index (χ0n) is 17.9. The van der Waals surface area contributed by atoms with E-state index in [1.54, 1.807) is 11.8 Å². The van der Waals surface area contributed by atoms with Crippen LogP contribution in [0.15, 0.2) is 84.9 Å². The summed E-state index contributed by atoms with van der Waals surface area (Å²) in [6, 6.07) is 27.7. The molecule has 0 bridgehead atoms. The third kappa shape index (κ3) is 4.12. The highest BCUT2D eigenvalue weighted by molar-refractivity contribution is 5.91. The summed E-state index contributed by atoms with van der Waals surface area (Å²) in [4.78, 5) is 20.1. The van der Waals surface area contributed by atoms with E-state index in [0.29, 0.717) is 12.4 Å². The Bertz CT molecular complexity index is 1140. The average molecular weight is 425 g/mol. The molecule has 3 aromatic carbocycles. The number of rotatable bonds is 7. The van der Waals surface area contributed by atoms with Crippen LogP contribution in [0.25, 0.3) is 17.1 Å². The highest BCUT2D eigenvalue weighted by Gasteiger charge is 2.35. The molecule has 6 heteroatoms. The molecule has 1 fully saturated rings. The normalized spacial score (nSPS) is 13.0. The number of amides is 1. The number of hydrogen-bond acceptors (Lipinski definition) is 4. The summed E-state index contributed by atoms with van der Waals surface area (Å²) in [5.74, 6) is 1.53. The molecule has 0 aliphatic heterocycles. The summed E-state index contributed by atoms with van der Waals surface area (Å²) >= 11 is 0. The SMILES string of the molecule is COc1ccc(CN(C(=O)c2nc(-c3ccccc3)n(-c3ccccc3)n2)C2CC2)cc1. The second-order valence-electron chi connectivity index (χ2n) is 7.88. The van der Waals surface area contributed by atoms with Gasteiger partial charge < -0.3 is 9.64 Å². The molecule has 1 aliphatic rings. The van der Waals surface area contributed by atoms with Gasteiger partial charge in [-0.15, -0.1) is 5.10 Å². The predicted octanol–water partition coefficient (Wildman–Crippen LogP) is 4.75. The number of aromatic nitrogens is 3. The van der Waals surface area contributed by atoms with Gasteiger partial charge >= 0.3 is 0 Å². The molecular formula is C26H24N4O2. The Morgan fingerprint density at radius 3 is 2.25 bits per heavy atom. The maximum atomic E-state index is 13.5. The van der Waals surface area contributed by atoms with Crippen molar-refractivity contribution >= 4 is 5.91 Å². The van der Waals surface area contributed by atoms with Crippen LogP contribution in [-0.2, 0) is 6.54 Å². The second-order valence-corrected chi connectivity index (χ2v) is 7.88.